The van der Waals surface area contributed by atoms with Gasteiger partial charge in [0, 0.05) is 18.9 Å². The molecule has 74 valence electrons. The minimum Gasteiger partial charge on any atom is -0.371 e. The molecule has 0 bridgehead atoms. The minimum absolute atomic E-state index is 0.00565. The Morgan fingerprint density at radius 1 is 1.13 bits per heavy atom. The summed E-state index contributed by atoms with van der Waals surface area (Å²) in [5.74, 6) is 0. The maximum Gasteiger partial charge on any atom is 0.120 e. The molecule has 0 aromatic heterocycles. The summed E-state index contributed by atoms with van der Waals surface area (Å²) in [6.07, 6.45) is 1.86. The van der Waals surface area contributed by atoms with Crippen LogP contribution >= 0.6 is 0 Å². The molecule has 0 saturated carbocycles. The van der Waals surface area contributed by atoms with E-state index in [9.17, 15) is 0 Å². The summed E-state index contributed by atoms with van der Waals surface area (Å²) in [7, 11) is 1.72. The Labute approximate surface area is 88.2 Å². The van der Waals surface area contributed by atoms with Gasteiger partial charge in [0.05, 0.1) is 5.69 Å². The third-order valence-electron chi connectivity index (χ3n) is 2.84. The van der Waals surface area contributed by atoms with Gasteiger partial charge >= 0.3 is 0 Å². The van der Waals surface area contributed by atoms with Crippen molar-refractivity contribution in [3.05, 3.63) is 42.0 Å². The number of ether oxygens (including phenoxy) is 1. The maximum absolute atomic E-state index is 5.40. The number of rotatable bonds is 1. The average Bonchev–Trinajstić information content (AvgIpc) is 2.72. The number of nitrogens with zero attached hydrogens (tertiary/aromatic N) is 1. The van der Waals surface area contributed by atoms with Crippen LogP contribution in [-0.2, 0) is 4.74 Å². The zero-order valence-corrected chi connectivity index (χ0v) is 8.47. The molecule has 2 aromatic carbocycles. The first-order valence-corrected chi connectivity index (χ1v) is 4.99. The summed E-state index contributed by atoms with van der Waals surface area (Å²) in [6.45, 7) is 0. The Kier molecular flexibility index (Phi) is 1.82. The molecule has 2 nitrogen and oxygen atoms in total. The van der Waals surface area contributed by atoms with Crippen molar-refractivity contribution in [3.8, 4) is 0 Å². The van der Waals surface area contributed by atoms with E-state index in [1.807, 2.05) is 24.4 Å². The third kappa shape index (κ3) is 1.18. The van der Waals surface area contributed by atoms with Gasteiger partial charge in [0.2, 0.25) is 0 Å². The Balaban J connectivity index is 2.35. The Morgan fingerprint density at radius 2 is 2.00 bits per heavy atom. The van der Waals surface area contributed by atoms with Crippen molar-refractivity contribution in [2.75, 3.05) is 7.11 Å². The molecule has 0 N–H and O–H groups in total. The summed E-state index contributed by atoms with van der Waals surface area (Å²) < 4.78 is 5.40. The van der Waals surface area contributed by atoms with Crippen LogP contribution in [0.15, 0.2) is 41.4 Å². The fourth-order valence-electron chi connectivity index (χ4n) is 2.10. The zero-order chi connectivity index (χ0) is 10.3. The van der Waals surface area contributed by atoms with Crippen molar-refractivity contribution in [3.63, 3.8) is 0 Å². The highest BCUT2D eigenvalue weighted by Gasteiger charge is 2.20. The van der Waals surface area contributed by atoms with Crippen molar-refractivity contribution in [1.29, 1.82) is 0 Å². The number of methoxy groups -OCH3 is 1. The molecule has 1 aliphatic heterocycles. The monoisotopic (exact) mass is 197 g/mol. The Bertz CT molecular complexity index is 545. The van der Waals surface area contributed by atoms with Crippen LogP contribution in [0.4, 0.5) is 5.69 Å². The topological polar surface area (TPSA) is 21.6 Å². The lowest BCUT2D eigenvalue weighted by Crippen LogP contribution is -1.98. The molecule has 0 spiro atoms. The van der Waals surface area contributed by atoms with Gasteiger partial charge in [0.15, 0.2) is 0 Å². The lowest BCUT2D eigenvalue weighted by Gasteiger charge is -2.10. The third-order valence-corrected chi connectivity index (χ3v) is 2.84. The highest BCUT2D eigenvalue weighted by molar-refractivity contribution is 5.96. The molecule has 1 atom stereocenters. The van der Waals surface area contributed by atoms with E-state index in [2.05, 4.69) is 23.2 Å². The molecule has 3 rings (SSSR count). The second kappa shape index (κ2) is 3.17. The van der Waals surface area contributed by atoms with Crippen molar-refractivity contribution in [2.45, 2.75) is 6.10 Å². The van der Waals surface area contributed by atoms with E-state index in [0.717, 1.165) is 5.69 Å². The SMILES string of the molecule is COC1C=Nc2ccc3ccccc3c21. The van der Waals surface area contributed by atoms with Crippen LogP contribution in [0.1, 0.15) is 11.7 Å². The smallest absolute Gasteiger partial charge is 0.120 e. The molecule has 0 saturated heterocycles. The summed E-state index contributed by atoms with van der Waals surface area (Å²) in [4.78, 5) is 4.35. The van der Waals surface area contributed by atoms with Gasteiger partial charge < -0.3 is 4.74 Å². The molecule has 1 aliphatic rings. The van der Waals surface area contributed by atoms with Gasteiger partial charge in [-0.25, -0.2) is 0 Å². The van der Waals surface area contributed by atoms with E-state index in [0.29, 0.717) is 0 Å². The van der Waals surface area contributed by atoms with Crippen LogP contribution in [0.2, 0.25) is 0 Å². The van der Waals surface area contributed by atoms with E-state index >= 15 is 0 Å². The standard InChI is InChI=1S/C13H11NO/c1-15-12-8-14-11-7-6-9-4-2-3-5-10(9)13(11)12/h2-8,12H,1H3. The van der Waals surface area contributed by atoms with Gasteiger partial charge in [-0.1, -0.05) is 30.3 Å². The molecule has 2 heteroatoms. The first-order chi connectivity index (χ1) is 7.40. The predicted molar refractivity (Wildman–Crippen MR) is 61.9 cm³/mol. The van der Waals surface area contributed by atoms with Crippen LogP contribution in [0.5, 0.6) is 0 Å². The lowest BCUT2D eigenvalue weighted by atomic mass is 10.0. The number of aliphatic imine (C=N–C) groups is 1. The maximum atomic E-state index is 5.40. The predicted octanol–water partition coefficient (Wildman–Crippen LogP) is 3.24. The lowest BCUT2D eigenvalue weighted by molar-refractivity contribution is 0.165. The van der Waals surface area contributed by atoms with E-state index in [1.54, 1.807) is 7.11 Å². The van der Waals surface area contributed by atoms with Crippen LogP contribution in [0.25, 0.3) is 10.8 Å². The normalized spacial score (nSPS) is 18.3. The van der Waals surface area contributed by atoms with Crippen molar-refractivity contribution < 1.29 is 4.74 Å². The summed E-state index contributed by atoms with van der Waals surface area (Å²) in [5, 5.41) is 2.48. The van der Waals surface area contributed by atoms with Gasteiger partial charge in [-0.2, -0.15) is 0 Å². The number of hydrogen-bond donors (Lipinski definition) is 0. The summed E-state index contributed by atoms with van der Waals surface area (Å²) in [5.41, 5.74) is 2.22. The van der Waals surface area contributed by atoms with E-state index < -0.39 is 0 Å². The van der Waals surface area contributed by atoms with E-state index in [4.69, 9.17) is 4.74 Å². The van der Waals surface area contributed by atoms with E-state index in [1.165, 1.54) is 16.3 Å². The molecule has 1 unspecified atom stereocenters. The van der Waals surface area contributed by atoms with E-state index in [-0.39, 0.29) is 6.10 Å². The van der Waals surface area contributed by atoms with Gasteiger partial charge in [-0.15, -0.1) is 0 Å². The Morgan fingerprint density at radius 3 is 2.87 bits per heavy atom. The van der Waals surface area contributed by atoms with Gasteiger partial charge in [0.25, 0.3) is 0 Å². The molecule has 15 heavy (non-hydrogen) atoms. The van der Waals surface area contributed by atoms with Crippen molar-refractivity contribution in [1.82, 2.24) is 0 Å². The highest BCUT2D eigenvalue weighted by Crippen LogP contribution is 2.37. The van der Waals surface area contributed by atoms with Crippen LogP contribution < -0.4 is 0 Å². The molecule has 0 aliphatic carbocycles. The second-order valence-electron chi connectivity index (χ2n) is 3.65. The first-order valence-electron chi connectivity index (χ1n) is 4.99. The number of fused-ring (bicyclic) bond motifs is 3. The van der Waals surface area contributed by atoms with Gasteiger partial charge in [-0.3, -0.25) is 4.99 Å². The number of hydrogen-bond acceptors (Lipinski definition) is 2. The molecular weight excluding hydrogens is 186 g/mol. The van der Waals surface area contributed by atoms with Crippen LogP contribution in [0.3, 0.4) is 0 Å². The largest absolute Gasteiger partial charge is 0.371 e. The quantitative estimate of drug-likeness (QED) is 0.687. The number of benzene rings is 2. The van der Waals surface area contributed by atoms with Gasteiger partial charge in [-0.05, 0) is 16.8 Å². The zero-order valence-electron chi connectivity index (χ0n) is 8.47. The molecule has 1 heterocycles. The van der Waals surface area contributed by atoms with Gasteiger partial charge in [0.1, 0.15) is 6.10 Å². The Hall–Kier alpha value is -1.67. The van der Waals surface area contributed by atoms with Crippen molar-refractivity contribution >= 4 is 22.7 Å². The van der Waals surface area contributed by atoms with Crippen LogP contribution in [0, 0.1) is 0 Å². The fraction of sp³-hybridized carbons (Fsp3) is 0.154. The molecule has 2 aromatic rings. The minimum atomic E-state index is 0.00565. The second-order valence-corrected chi connectivity index (χ2v) is 3.65. The molecule has 0 fully saturated rings. The molecular formula is C13H11NO. The van der Waals surface area contributed by atoms with Crippen molar-refractivity contribution in [2.24, 2.45) is 4.99 Å². The summed E-state index contributed by atoms with van der Waals surface area (Å²) >= 11 is 0. The fourth-order valence-corrected chi connectivity index (χ4v) is 2.10. The average molecular weight is 197 g/mol. The van der Waals surface area contributed by atoms with Crippen LogP contribution in [-0.4, -0.2) is 13.3 Å². The highest BCUT2D eigenvalue weighted by atomic mass is 16.5. The summed E-state index contributed by atoms with van der Waals surface area (Å²) in [6, 6.07) is 12.5. The molecule has 0 amide bonds. The molecule has 0 radical (unpaired) electrons. The first kappa shape index (κ1) is 8.62.